The normalized spacial score (nSPS) is 11.4. The minimum Gasteiger partial charge on any atom is -0.497 e. The number of aryl methyl sites for hydroxylation is 2. The maximum atomic E-state index is 13.8. The van der Waals surface area contributed by atoms with E-state index in [4.69, 9.17) is 9.72 Å². The highest BCUT2D eigenvalue weighted by Gasteiger charge is 2.19. The van der Waals surface area contributed by atoms with E-state index in [1.54, 1.807) is 35.3 Å². The van der Waals surface area contributed by atoms with Crippen LogP contribution in [0.15, 0.2) is 67.9 Å². The van der Waals surface area contributed by atoms with Crippen LogP contribution in [0.5, 0.6) is 5.75 Å². The summed E-state index contributed by atoms with van der Waals surface area (Å²) in [6, 6.07) is 12.5. The van der Waals surface area contributed by atoms with E-state index in [1.165, 1.54) is 22.2 Å². The molecule has 5 rings (SSSR count). The van der Waals surface area contributed by atoms with Gasteiger partial charge in [0.2, 0.25) is 0 Å². The van der Waals surface area contributed by atoms with E-state index < -0.39 is 0 Å². The molecule has 10 heteroatoms. The van der Waals surface area contributed by atoms with Crippen molar-refractivity contribution in [3.05, 3.63) is 90.0 Å². The first-order valence-electron chi connectivity index (χ1n) is 10.9. The molecule has 4 heterocycles. The molecule has 0 radical (unpaired) electrons. The molecule has 5 aromatic rings. The fourth-order valence-electron chi connectivity index (χ4n) is 3.96. The zero-order valence-electron chi connectivity index (χ0n) is 19.2. The lowest BCUT2D eigenvalue weighted by Crippen LogP contribution is -2.22. The Hall–Kier alpha value is -2.95. The molecule has 0 aliphatic rings. The van der Waals surface area contributed by atoms with Gasteiger partial charge in [-0.3, -0.25) is 18.6 Å². The Morgan fingerprint density at radius 2 is 1.97 bits per heavy atom. The summed E-state index contributed by atoms with van der Waals surface area (Å²) >= 11 is 6.32. The van der Waals surface area contributed by atoms with Crippen molar-refractivity contribution in [3.8, 4) is 11.4 Å². The highest BCUT2D eigenvalue weighted by Crippen LogP contribution is 2.31. The number of nitrogens with zero attached hydrogens (tertiary/aromatic N) is 4. The summed E-state index contributed by atoms with van der Waals surface area (Å²) in [6.07, 6.45) is 2.54. The number of ether oxygens (including phenoxy) is 1. The Kier molecular flexibility index (Phi) is 6.52. The van der Waals surface area contributed by atoms with Gasteiger partial charge >= 0.3 is 0 Å². The standard InChI is InChI=1S/C25H21BrN4O3S2/c1-4-19-14(2)22-23(35-19)28-25(30(24(22)32)17-6-5-7-18(11-17)33-3)34-13-16-10-21(31)29-12-15(26)8-9-20(29)27-16/h5-12H,4,13H2,1-3H3. The van der Waals surface area contributed by atoms with Gasteiger partial charge in [0, 0.05) is 33.4 Å². The van der Waals surface area contributed by atoms with Crippen molar-refractivity contribution in [2.75, 3.05) is 7.11 Å². The molecular weight excluding hydrogens is 548 g/mol. The van der Waals surface area contributed by atoms with Gasteiger partial charge < -0.3 is 4.74 Å². The SMILES string of the molecule is CCc1sc2nc(SCc3cc(=O)n4cc(Br)ccc4n3)n(-c3cccc(OC)c3)c(=O)c2c1C. The first-order chi connectivity index (χ1) is 16.9. The molecule has 0 atom stereocenters. The summed E-state index contributed by atoms with van der Waals surface area (Å²) in [4.78, 5) is 37.8. The van der Waals surface area contributed by atoms with Crippen molar-refractivity contribution < 1.29 is 4.74 Å². The summed E-state index contributed by atoms with van der Waals surface area (Å²) in [7, 11) is 1.60. The molecule has 0 aliphatic heterocycles. The lowest BCUT2D eigenvalue weighted by molar-refractivity contribution is 0.414. The average Bonchev–Trinajstić information content (AvgIpc) is 3.18. The molecule has 0 saturated carbocycles. The summed E-state index contributed by atoms with van der Waals surface area (Å²) in [5.74, 6) is 1.03. The van der Waals surface area contributed by atoms with E-state index in [-0.39, 0.29) is 11.1 Å². The maximum absolute atomic E-state index is 13.8. The Balaban J connectivity index is 1.63. The third-order valence-corrected chi connectivity index (χ3v) is 8.46. The minimum absolute atomic E-state index is 0.115. The number of methoxy groups -OCH3 is 1. The Bertz CT molecular complexity index is 1710. The van der Waals surface area contributed by atoms with E-state index in [2.05, 4.69) is 27.8 Å². The van der Waals surface area contributed by atoms with Gasteiger partial charge in [-0.05, 0) is 59.1 Å². The lowest BCUT2D eigenvalue weighted by atomic mass is 10.2. The average molecular weight is 570 g/mol. The zero-order chi connectivity index (χ0) is 24.7. The molecule has 0 bridgehead atoms. The monoisotopic (exact) mass is 568 g/mol. The van der Waals surface area contributed by atoms with Crippen LogP contribution in [0.1, 0.15) is 23.1 Å². The van der Waals surface area contributed by atoms with Gasteiger partial charge in [0.1, 0.15) is 16.2 Å². The Morgan fingerprint density at radius 3 is 2.74 bits per heavy atom. The number of thioether (sulfide) groups is 1. The Morgan fingerprint density at radius 1 is 1.14 bits per heavy atom. The van der Waals surface area contributed by atoms with Crippen LogP contribution in [-0.2, 0) is 12.2 Å². The fraction of sp³-hybridized carbons (Fsp3) is 0.200. The number of aromatic nitrogens is 4. The fourth-order valence-corrected chi connectivity index (χ4v) is 6.36. The molecule has 7 nitrogen and oxygen atoms in total. The van der Waals surface area contributed by atoms with Crippen molar-refractivity contribution >= 4 is 54.9 Å². The van der Waals surface area contributed by atoms with Crippen LogP contribution in [0.25, 0.3) is 21.6 Å². The van der Waals surface area contributed by atoms with Crippen molar-refractivity contribution in [1.82, 2.24) is 18.9 Å². The second kappa shape index (κ2) is 9.60. The molecule has 0 spiro atoms. The largest absolute Gasteiger partial charge is 0.497 e. The van der Waals surface area contributed by atoms with E-state index in [1.807, 2.05) is 37.3 Å². The Labute approximate surface area is 217 Å². The van der Waals surface area contributed by atoms with Crippen LogP contribution < -0.4 is 15.9 Å². The minimum atomic E-state index is -0.165. The van der Waals surface area contributed by atoms with E-state index in [0.717, 1.165) is 26.2 Å². The second-order valence-electron chi connectivity index (χ2n) is 7.87. The highest BCUT2D eigenvalue weighted by molar-refractivity contribution is 9.10. The van der Waals surface area contributed by atoms with Crippen LogP contribution in [0.4, 0.5) is 0 Å². The molecule has 0 saturated heterocycles. The lowest BCUT2D eigenvalue weighted by Gasteiger charge is -2.13. The number of rotatable bonds is 6. The molecule has 4 aromatic heterocycles. The molecule has 0 aliphatic carbocycles. The number of halogens is 1. The van der Waals surface area contributed by atoms with Crippen molar-refractivity contribution in [2.24, 2.45) is 0 Å². The number of pyridine rings is 1. The predicted octanol–water partition coefficient (Wildman–Crippen LogP) is 5.39. The molecule has 0 N–H and O–H groups in total. The third-order valence-electron chi connectivity index (χ3n) is 5.69. The van der Waals surface area contributed by atoms with Gasteiger partial charge in [0.05, 0.1) is 23.9 Å². The number of benzene rings is 1. The van der Waals surface area contributed by atoms with Gasteiger partial charge in [-0.25, -0.2) is 9.97 Å². The van der Waals surface area contributed by atoms with Crippen LogP contribution >= 0.6 is 39.0 Å². The topological polar surface area (TPSA) is 78.5 Å². The van der Waals surface area contributed by atoms with Gasteiger partial charge in [-0.2, -0.15) is 0 Å². The van der Waals surface area contributed by atoms with E-state index in [0.29, 0.717) is 39.1 Å². The molecule has 1 aromatic carbocycles. The van der Waals surface area contributed by atoms with E-state index >= 15 is 0 Å². The van der Waals surface area contributed by atoms with Gasteiger partial charge in [-0.15, -0.1) is 11.3 Å². The quantitative estimate of drug-likeness (QED) is 0.202. The number of hydrogen-bond donors (Lipinski definition) is 0. The maximum Gasteiger partial charge on any atom is 0.267 e. The van der Waals surface area contributed by atoms with Crippen molar-refractivity contribution in [2.45, 2.75) is 31.2 Å². The van der Waals surface area contributed by atoms with Gasteiger partial charge in [0.25, 0.3) is 11.1 Å². The van der Waals surface area contributed by atoms with E-state index in [9.17, 15) is 9.59 Å². The second-order valence-corrected chi connectivity index (χ2v) is 10.8. The number of hydrogen-bond acceptors (Lipinski definition) is 7. The van der Waals surface area contributed by atoms with Gasteiger partial charge in [-0.1, -0.05) is 24.8 Å². The van der Waals surface area contributed by atoms with Crippen molar-refractivity contribution in [3.63, 3.8) is 0 Å². The summed E-state index contributed by atoms with van der Waals surface area (Å²) in [6.45, 7) is 4.06. The number of thiophene rings is 1. The predicted molar refractivity (Wildman–Crippen MR) is 145 cm³/mol. The van der Waals surface area contributed by atoms with Crippen LogP contribution in [-0.4, -0.2) is 26.0 Å². The molecular formula is C25H21BrN4O3S2. The zero-order valence-corrected chi connectivity index (χ0v) is 22.5. The summed E-state index contributed by atoms with van der Waals surface area (Å²) in [5.41, 5.74) is 2.55. The smallest absolute Gasteiger partial charge is 0.267 e. The first kappa shape index (κ1) is 23.8. The number of fused-ring (bicyclic) bond motifs is 2. The molecule has 0 fully saturated rings. The van der Waals surface area contributed by atoms with Crippen LogP contribution in [0.2, 0.25) is 0 Å². The molecule has 35 heavy (non-hydrogen) atoms. The summed E-state index contributed by atoms with van der Waals surface area (Å²) in [5, 5.41) is 1.18. The van der Waals surface area contributed by atoms with Crippen LogP contribution in [0.3, 0.4) is 0 Å². The third kappa shape index (κ3) is 4.41. The van der Waals surface area contributed by atoms with Crippen LogP contribution in [0, 0.1) is 6.92 Å². The molecule has 178 valence electrons. The molecule has 0 unspecified atom stereocenters. The van der Waals surface area contributed by atoms with Gasteiger partial charge in [0.15, 0.2) is 5.16 Å². The first-order valence-corrected chi connectivity index (χ1v) is 13.5. The van der Waals surface area contributed by atoms with Crippen molar-refractivity contribution in [1.29, 1.82) is 0 Å². The highest BCUT2D eigenvalue weighted by atomic mass is 79.9. The molecule has 0 amide bonds. The summed E-state index contributed by atoms with van der Waals surface area (Å²) < 4.78 is 9.31.